The minimum Gasteiger partial charge on any atom is -0.380 e. The molecule has 0 saturated heterocycles. The van der Waals surface area contributed by atoms with Crippen molar-refractivity contribution in [2.45, 2.75) is 18.9 Å². The monoisotopic (exact) mass is 266 g/mol. The van der Waals surface area contributed by atoms with E-state index in [2.05, 4.69) is 27.0 Å². The van der Waals surface area contributed by atoms with E-state index >= 15 is 0 Å². The van der Waals surface area contributed by atoms with Crippen LogP contribution >= 0.6 is 15.9 Å². The number of nitrogens with zero attached hydrogens (tertiary/aromatic N) is 2. The summed E-state index contributed by atoms with van der Waals surface area (Å²) in [5, 5.41) is 8.79. The molecule has 78 valence electrons. The number of methoxy groups -OCH3 is 1. The van der Waals surface area contributed by atoms with Crippen LogP contribution in [0.25, 0.3) is 0 Å². The van der Waals surface area contributed by atoms with Crippen molar-refractivity contribution >= 4 is 15.9 Å². The van der Waals surface area contributed by atoms with Crippen LogP contribution in [0.15, 0.2) is 16.7 Å². The summed E-state index contributed by atoms with van der Waals surface area (Å²) < 4.78 is 6.08. The molecule has 0 aromatic carbocycles. The van der Waals surface area contributed by atoms with Crippen molar-refractivity contribution in [1.29, 1.82) is 5.26 Å². The molecule has 1 saturated carbocycles. The second kappa shape index (κ2) is 4.30. The molecule has 1 aromatic heterocycles. The van der Waals surface area contributed by atoms with E-state index in [1.807, 2.05) is 6.07 Å². The second-order valence-electron chi connectivity index (χ2n) is 3.71. The van der Waals surface area contributed by atoms with Gasteiger partial charge in [-0.15, -0.1) is 0 Å². The Morgan fingerprint density at radius 3 is 3.13 bits per heavy atom. The van der Waals surface area contributed by atoms with Crippen LogP contribution in [-0.2, 0) is 11.3 Å². The normalized spacial score (nSPS) is 23.5. The second-order valence-corrected chi connectivity index (χ2v) is 4.62. The van der Waals surface area contributed by atoms with Crippen LogP contribution in [0.4, 0.5) is 0 Å². The van der Waals surface area contributed by atoms with Gasteiger partial charge in [0.2, 0.25) is 0 Å². The molecular weight excluding hydrogens is 256 g/mol. The molecular formula is C11H11BrN2O. The summed E-state index contributed by atoms with van der Waals surface area (Å²) >= 11 is 3.38. The van der Waals surface area contributed by atoms with Crippen molar-refractivity contribution in [2.75, 3.05) is 7.11 Å². The Labute approximate surface area is 97.2 Å². The highest BCUT2D eigenvalue weighted by Crippen LogP contribution is 2.47. The van der Waals surface area contributed by atoms with E-state index in [1.165, 1.54) is 0 Å². The summed E-state index contributed by atoms with van der Waals surface area (Å²) in [7, 11) is 1.67. The summed E-state index contributed by atoms with van der Waals surface area (Å²) in [6.07, 6.45) is 2.71. The maximum absolute atomic E-state index is 8.79. The summed E-state index contributed by atoms with van der Waals surface area (Å²) in [6.45, 7) is 0.552. The van der Waals surface area contributed by atoms with E-state index in [0.717, 1.165) is 22.2 Å². The number of hydrogen-bond acceptors (Lipinski definition) is 3. The van der Waals surface area contributed by atoms with Gasteiger partial charge in [0.1, 0.15) is 0 Å². The van der Waals surface area contributed by atoms with Gasteiger partial charge in [-0.2, -0.15) is 5.26 Å². The SMILES string of the molecule is COCc1cc(Br)cnc1C1CC1C#N. The van der Waals surface area contributed by atoms with Crippen LogP contribution in [0, 0.1) is 17.2 Å². The Morgan fingerprint density at radius 1 is 1.73 bits per heavy atom. The van der Waals surface area contributed by atoms with Crippen LogP contribution in [0.2, 0.25) is 0 Å². The van der Waals surface area contributed by atoms with Crippen molar-refractivity contribution in [3.8, 4) is 6.07 Å². The van der Waals surface area contributed by atoms with Gasteiger partial charge in [0.25, 0.3) is 0 Å². The van der Waals surface area contributed by atoms with Gasteiger partial charge in [0.05, 0.1) is 24.3 Å². The number of hydrogen-bond donors (Lipinski definition) is 0. The van der Waals surface area contributed by atoms with Crippen LogP contribution in [0.3, 0.4) is 0 Å². The molecule has 2 unspecified atom stereocenters. The van der Waals surface area contributed by atoms with Gasteiger partial charge >= 0.3 is 0 Å². The Morgan fingerprint density at radius 2 is 2.53 bits per heavy atom. The molecule has 0 radical (unpaired) electrons. The third-order valence-electron chi connectivity index (χ3n) is 2.58. The lowest BCUT2D eigenvalue weighted by Crippen LogP contribution is -1.98. The zero-order valence-corrected chi connectivity index (χ0v) is 9.99. The molecule has 0 spiro atoms. The minimum absolute atomic E-state index is 0.147. The summed E-state index contributed by atoms with van der Waals surface area (Å²) in [4.78, 5) is 4.38. The molecule has 2 rings (SSSR count). The third kappa shape index (κ3) is 2.19. The fraction of sp³-hybridized carbons (Fsp3) is 0.455. The maximum atomic E-state index is 8.79. The molecule has 0 N–H and O–H groups in total. The Hall–Kier alpha value is -0.920. The first-order chi connectivity index (χ1) is 7.26. The summed E-state index contributed by atoms with van der Waals surface area (Å²) in [5.74, 6) is 0.461. The quantitative estimate of drug-likeness (QED) is 0.845. The zero-order valence-electron chi connectivity index (χ0n) is 8.40. The lowest BCUT2D eigenvalue weighted by atomic mass is 10.1. The van der Waals surface area contributed by atoms with Crippen molar-refractivity contribution in [1.82, 2.24) is 4.98 Å². The minimum atomic E-state index is 0.147. The number of rotatable bonds is 3. The van der Waals surface area contributed by atoms with Crippen molar-refractivity contribution in [3.05, 3.63) is 28.0 Å². The molecule has 0 bridgehead atoms. The predicted molar refractivity (Wildman–Crippen MR) is 59.1 cm³/mol. The molecule has 3 nitrogen and oxygen atoms in total. The molecule has 2 atom stereocenters. The molecule has 1 fully saturated rings. The van der Waals surface area contributed by atoms with Gasteiger partial charge in [0, 0.05) is 29.3 Å². The van der Waals surface area contributed by atoms with Crippen molar-refractivity contribution < 1.29 is 4.74 Å². The fourth-order valence-corrected chi connectivity index (χ4v) is 2.12. The van der Waals surface area contributed by atoms with E-state index in [-0.39, 0.29) is 5.92 Å². The average Bonchev–Trinajstić information content (AvgIpc) is 2.98. The van der Waals surface area contributed by atoms with Gasteiger partial charge in [-0.25, -0.2) is 0 Å². The summed E-state index contributed by atoms with van der Waals surface area (Å²) in [6, 6.07) is 4.29. The highest BCUT2D eigenvalue weighted by molar-refractivity contribution is 9.10. The number of pyridine rings is 1. The largest absolute Gasteiger partial charge is 0.380 e. The highest BCUT2D eigenvalue weighted by atomic mass is 79.9. The molecule has 4 heteroatoms. The Bertz CT molecular complexity index is 414. The van der Waals surface area contributed by atoms with E-state index < -0.39 is 0 Å². The molecule has 1 aromatic rings. The van der Waals surface area contributed by atoms with Crippen molar-refractivity contribution in [2.24, 2.45) is 5.92 Å². The van der Waals surface area contributed by atoms with Gasteiger partial charge in [-0.1, -0.05) is 0 Å². The number of nitriles is 1. The number of aromatic nitrogens is 1. The number of ether oxygens (including phenoxy) is 1. The third-order valence-corrected chi connectivity index (χ3v) is 3.01. The molecule has 1 aliphatic carbocycles. The van der Waals surface area contributed by atoms with Crippen LogP contribution < -0.4 is 0 Å². The van der Waals surface area contributed by atoms with Crippen LogP contribution in [0.1, 0.15) is 23.6 Å². The number of halogens is 1. The molecule has 0 aliphatic heterocycles. The molecule has 1 heterocycles. The lowest BCUT2D eigenvalue weighted by Gasteiger charge is -2.07. The van der Waals surface area contributed by atoms with Crippen molar-refractivity contribution in [3.63, 3.8) is 0 Å². The summed E-state index contributed by atoms with van der Waals surface area (Å²) in [5.41, 5.74) is 2.10. The van der Waals surface area contributed by atoms with E-state index in [9.17, 15) is 0 Å². The average molecular weight is 267 g/mol. The Kier molecular flexibility index (Phi) is 3.03. The predicted octanol–water partition coefficient (Wildman–Crippen LogP) is 2.62. The Balaban J connectivity index is 2.27. The first-order valence-electron chi connectivity index (χ1n) is 4.79. The van der Waals surface area contributed by atoms with E-state index in [0.29, 0.717) is 12.5 Å². The maximum Gasteiger partial charge on any atom is 0.0731 e. The zero-order chi connectivity index (χ0) is 10.8. The van der Waals surface area contributed by atoms with E-state index in [1.54, 1.807) is 13.3 Å². The van der Waals surface area contributed by atoms with Gasteiger partial charge in [-0.05, 0) is 28.4 Å². The van der Waals surface area contributed by atoms with Gasteiger partial charge in [0.15, 0.2) is 0 Å². The molecule has 1 aliphatic rings. The van der Waals surface area contributed by atoms with Crippen LogP contribution in [-0.4, -0.2) is 12.1 Å². The first-order valence-corrected chi connectivity index (χ1v) is 5.58. The fourth-order valence-electron chi connectivity index (χ4n) is 1.74. The lowest BCUT2D eigenvalue weighted by molar-refractivity contribution is 0.183. The topological polar surface area (TPSA) is 45.9 Å². The molecule has 0 amide bonds. The van der Waals surface area contributed by atoms with Gasteiger partial charge < -0.3 is 4.74 Å². The van der Waals surface area contributed by atoms with E-state index in [4.69, 9.17) is 10.00 Å². The smallest absolute Gasteiger partial charge is 0.0731 e. The highest BCUT2D eigenvalue weighted by Gasteiger charge is 2.40. The van der Waals surface area contributed by atoms with Crippen LogP contribution in [0.5, 0.6) is 0 Å². The van der Waals surface area contributed by atoms with Gasteiger partial charge in [-0.3, -0.25) is 4.98 Å². The standard InChI is InChI=1S/C11H11BrN2O/c1-15-6-8-2-9(12)5-14-11(8)10-3-7(10)4-13/h2,5,7,10H,3,6H2,1H3. The molecule has 15 heavy (non-hydrogen) atoms. The first kappa shape index (κ1) is 10.6.